The molecule has 0 aliphatic carbocycles. The maximum absolute atomic E-state index is 12.7. The first kappa shape index (κ1) is 26.4. The normalized spacial score (nSPS) is 13.2. The van der Waals surface area contributed by atoms with E-state index in [-0.39, 0.29) is 6.03 Å². The minimum atomic E-state index is -0.399. The summed E-state index contributed by atoms with van der Waals surface area (Å²) in [6.07, 6.45) is 0. The second kappa shape index (κ2) is 12.1. The number of nitrogens with one attached hydrogen (secondary N) is 3. The smallest absolute Gasteiger partial charge is 0.323 e. The minimum absolute atomic E-state index is 0.159. The topological polar surface area (TPSA) is 85.9 Å². The van der Waals surface area contributed by atoms with Crippen LogP contribution < -0.4 is 25.6 Å². The van der Waals surface area contributed by atoms with Gasteiger partial charge in [-0.1, -0.05) is 35.3 Å². The van der Waals surface area contributed by atoms with E-state index < -0.39 is 6.03 Å². The predicted octanol–water partition coefficient (Wildman–Crippen LogP) is 6.70. The molecule has 3 aromatic rings. The summed E-state index contributed by atoms with van der Waals surface area (Å²) in [6.45, 7) is 6.81. The molecule has 0 spiro atoms. The van der Waals surface area contributed by atoms with E-state index in [1.807, 2.05) is 50.2 Å². The molecule has 0 aromatic heterocycles. The molecule has 10 heteroatoms. The number of urea groups is 2. The molecule has 194 valence electrons. The average Bonchev–Trinajstić information content (AvgIpc) is 2.88. The van der Waals surface area contributed by atoms with Gasteiger partial charge in [-0.15, -0.1) is 0 Å². The largest absolute Gasteiger partial charge is 0.492 e. The van der Waals surface area contributed by atoms with Gasteiger partial charge in [0.1, 0.15) is 5.75 Å². The number of carbonyl (C=O) groups is 2. The fourth-order valence-electron chi connectivity index (χ4n) is 4.07. The van der Waals surface area contributed by atoms with Crippen LogP contribution in [0.3, 0.4) is 0 Å². The Morgan fingerprint density at radius 1 is 0.919 bits per heavy atom. The quantitative estimate of drug-likeness (QED) is 0.324. The van der Waals surface area contributed by atoms with Gasteiger partial charge < -0.3 is 30.5 Å². The van der Waals surface area contributed by atoms with Gasteiger partial charge in [0.25, 0.3) is 0 Å². The molecule has 37 heavy (non-hydrogen) atoms. The van der Waals surface area contributed by atoms with Crippen LogP contribution in [0.15, 0.2) is 60.7 Å². The van der Waals surface area contributed by atoms with Crippen molar-refractivity contribution in [3.63, 3.8) is 0 Å². The number of benzene rings is 3. The lowest BCUT2D eigenvalue weighted by atomic mass is 10.2. The molecule has 0 saturated carbocycles. The van der Waals surface area contributed by atoms with Crippen molar-refractivity contribution in [1.29, 1.82) is 0 Å². The Hall–Kier alpha value is -3.62. The molecule has 0 unspecified atom stereocenters. The Kier molecular flexibility index (Phi) is 8.63. The number of halogens is 2. The van der Waals surface area contributed by atoms with Gasteiger partial charge in [-0.2, -0.15) is 0 Å². The molecule has 1 heterocycles. The molecule has 4 amide bonds. The third-order valence-corrected chi connectivity index (χ3v) is 6.55. The summed E-state index contributed by atoms with van der Waals surface area (Å²) < 4.78 is 5.55. The number of anilines is 4. The van der Waals surface area contributed by atoms with E-state index in [0.717, 1.165) is 11.3 Å². The van der Waals surface area contributed by atoms with E-state index in [2.05, 4.69) is 20.9 Å². The second-order valence-electron chi connectivity index (χ2n) is 8.54. The summed E-state index contributed by atoms with van der Waals surface area (Å²) in [6, 6.07) is 17.6. The molecule has 1 aliphatic rings. The number of aryl methyl sites for hydroxylation is 1. The third-order valence-electron chi connectivity index (χ3n) is 6.00. The lowest BCUT2D eigenvalue weighted by molar-refractivity contribution is 0.208. The lowest BCUT2D eigenvalue weighted by Gasteiger charge is -2.36. The zero-order chi connectivity index (χ0) is 26.4. The van der Waals surface area contributed by atoms with E-state index in [1.54, 1.807) is 29.2 Å². The van der Waals surface area contributed by atoms with Gasteiger partial charge in [0.15, 0.2) is 0 Å². The van der Waals surface area contributed by atoms with E-state index in [1.165, 1.54) is 0 Å². The van der Waals surface area contributed by atoms with Gasteiger partial charge >= 0.3 is 12.1 Å². The number of amides is 4. The van der Waals surface area contributed by atoms with Crippen LogP contribution in [0.4, 0.5) is 32.3 Å². The summed E-state index contributed by atoms with van der Waals surface area (Å²) in [5.74, 6) is 0.548. The van der Waals surface area contributed by atoms with Crippen LogP contribution in [0, 0.1) is 6.92 Å². The summed E-state index contributed by atoms with van der Waals surface area (Å²) in [5, 5.41) is 9.56. The van der Waals surface area contributed by atoms with E-state index in [0.29, 0.717) is 65.6 Å². The molecule has 3 N–H and O–H groups in total. The Balaban J connectivity index is 1.29. The number of carbonyl (C=O) groups excluding carboxylic acids is 2. The molecule has 1 aliphatic heterocycles. The van der Waals surface area contributed by atoms with Crippen molar-refractivity contribution in [2.75, 3.05) is 53.6 Å². The van der Waals surface area contributed by atoms with Crippen molar-refractivity contribution in [2.24, 2.45) is 0 Å². The minimum Gasteiger partial charge on any atom is -0.492 e. The molecule has 0 bridgehead atoms. The highest BCUT2D eigenvalue weighted by Crippen LogP contribution is 2.29. The lowest BCUT2D eigenvalue weighted by Crippen LogP contribution is -2.50. The number of ether oxygens (including phenoxy) is 1. The van der Waals surface area contributed by atoms with Crippen molar-refractivity contribution in [3.05, 3.63) is 76.3 Å². The van der Waals surface area contributed by atoms with Crippen LogP contribution in [0.2, 0.25) is 10.0 Å². The maximum atomic E-state index is 12.7. The highest BCUT2D eigenvalue weighted by Gasteiger charge is 2.22. The van der Waals surface area contributed by atoms with Gasteiger partial charge in [0.2, 0.25) is 0 Å². The number of nitrogens with zero attached hydrogens (tertiary/aromatic N) is 2. The van der Waals surface area contributed by atoms with Crippen molar-refractivity contribution in [3.8, 4) is 5.75 Å². The first-order valence-electron chi connectivity index (χ1n) is 12.0. The summed E-state index contributed by atoms with van der Waals surface area (Å²) >= 11 is 12.3. The van der Waals surface area contributed by atoms with Gasteiger partial charge in [-0.3, -0.25) is 0 Å². The van der Waals surface area contributed by atoms with Crippen LogP contribution in [0.5, 0.6) is 5.75 Å². The van der Waals surface area contributed by atoms with Gasteiger partial charge in [0, 0.05) is 42.6 Å². The van der Waals surface area contributed by atoms with Crippen LogP contribution in [-0.4, -0.2) is 49.7 Å². The molecular weight excluding hydrogens is 513 g/mol. The second-order valence-corrected chi connectivity index (χ2v) is 9.38. The Morgan fingerprint density at radius 3 is 2.32 bits per heavy atom. The maximum Gasteiger partial charge on any atom is 0.323 e. The van der Waals surface area contributed by atoms with Crippen molar-refractivity contribution < 1.29 is 14.3 Å². The monoisotopic (exact) mass is 541 g/mol. The van der Waals surface area contributed by atoms with Gasteiger partial charge in [-0.25, -0.2) is 9.59 Å². The summed E-state index contributed by atoms with van der Waals surface area (Å²) in [4.78, 5) is 29.3. The fraction of sp³-hybridized carbons (Fsp3) is 0.259. The zero-order valence-corrected chi connectivity index (χ0v) is 22.2. The predicted molar refractivity (Wildman–Crippen MR) is 151 cm³/mol. The molecule has 1 fully saturated rings. The number of hydrogen-bond acceptors (Lipinski definition) is 4. The summed E-state index contributed by atoms with van der Waals surface area (Å²) in [7, 11) is 0. The number of piperazine rings is 1. The fourth-order valence-corrected chi connectivity index (χ4v) is 4.51. The first-order valence-corrected chi connectivity index (χ1v) is 12.8. The van der Waals surface area contributed by atoms with E-state index in [9.17, 15) is 9.59 Å². The Bertz CT molecular complexity index is 1240. The molecule has 0 radical (unpaired) electrons. The standard InChI is InChI=1S/C27H29Cl2N5O3/c1-3-37-24-12-7-19(28)17-23(24)31-26(35)30-20-8-10-21(11-9-20)33-13-15-34(16-14-33)27(36)32-25-18(2)5-4-6-22(25)29/h4-12,17H,3,13-16H2,1-2H3,(H,32,36)(H2,30,31,35). The van der Waals surface area contributed by atoms with Crippen LogP contribution in [-0.2, 0) is 0 Å². The zero-order valence-electron chi connectivity index (χ0n) is 20.7. The number of para-hydroxylation sites is 1. The summed E-state index contributed by atoms with van der Waals surface area (Å²) in [5.41, 5.74) is 3.73. The van der Waals surface area contributed by atoms with Crippen molar-refractivity contribution in [2.45, 2.75) is 13.8 Å². The molecule has 3 aromatic carbocycles. The first-order chi connectivity index (χ1) is 17.8. The average molecular weight is 542 g/mol. The van der Waals surface area contributed by atoms with E-state index in [4.69, 9.17) is 27.9 Å². The van der Waals surface area contributed by atoms with Gasteiger partial charge in [0.05, 0.1) is 23.0 Å². The highest BCUT2D eigenvalue weighted by molar-refractivity contribution is 6.34. The van der Waals surface area contributed by atoms with Crippen LogP contribution in [0.1, 0.15) is 12.5 Å². The number of rotatable bonds is 6. The Morgan fingerprint density at radius 2 is 1.65 bits per heavy atom. The molecule has 8 nitrogen and oxygen atoms in total. The van der Waals surface area contributed by atoms with Crippen molar-refractivity contribution >= 4 is 58.0 Å². The molecule has 0 atom stereocenters. The highest BCUT2D eigenvalue weighted by atomic mass is 35.5. The van der Waals surface area contributed by atoms with Crippen LogP contribution >= 0.6 is 23.2 Å². The van der Waals surface area contributed by atoms with Crippen molar-refractivity contribution in [1.82, 2.24) is 4.90 Å². The molecular formula is C27H29Cl2N5O3. The molecule has 1 saturated heterocycles. The SMILES string of the molecule is CCOc1ccc(Cl)cc1NC(=O)Nc1ccc(N2CCN(C(=O)Nc3c(C)cccc3Cl)CC2)cc1. The van der Waals surface area contributed by atoms with Crippen LogP contribution in [0.25, 0.3) is 0 Å². The number of hydrogen-bond donors (Lipinski definition) is 3. The third kappa shape index (κ3) is 6.78. The van der Waals surface area contributed by atoms with E-state index >= 15 is 0 Å². The Labute approximate surface area is 226 Å². The van der Waals surface area contributed by atoms with Gasteiger partial charge in [-0.05, 0) is 67.9 Å². The molecule has 4 rings (SSSR count).